The Labute approximate surface area is 93.4 Å². The summed E-state index contributed by atoms with van der Waals surface area (Å²) in [5.74, 6) is 0.544. The molecule has 88 valence electrons. The van der Waals surface area contributed by atoms with Crippen LogP contribution in [0.2, 0.25) is 0 Å². The van der Waals surface area contributed by atoms with Crippen LogP contribution < -0.4 is 16.4 Å². The zero-order valence-electron chi connectivity index (χ0n) is 9.06. The molecule has 0 unspecified atom stereocenters. The molecule has 1 aromatic heterocycles. The van der Waals surface area contributed by atoms with Crippen LogP contribution >= 0.6 is 0 Å². The van der Waals surface area contributed by atoms with Gasteiger partial charge in [0.2, 0.25) is 11.9 Å². The summed E-state index contributed by atoms with van der Waals surface area (Å²) in [6.45, 7) is 1.07. The number of hydrogen-bond donors (Lipinski definition) is 3. The number of methoxy groups -OCH3 is 1. The van der Waals surface area contributed by atoms with Crippen LogP contribution in [0.3, 0.4) is 0 Å². The minimum Gasteiger partial charge on any atom is -0.384 e. The van der Waals surface area contributed by atoms with E-state index in [0.29, 0.717) is 24.9 Å². The fourth-order valence-corrected chi connectivity index (χ4v) is 0.972. The van der Waals surface area contributed by atoms with E-state index in [1.54, 1.807) is 13.2 Å². The third-order valence-corrected chi connectivity index (χ3v) is 1.71. The number of hydrogen-bond acceptors (Lipinski definition) is 6. The summed E-state index contributed by atoms with van der Waals surface area (Å²) in [5.41, 5.74) is 5.46. The van der Waals surface area contributed by atoms with Crippen molar-refractivity contribution in [3.05, 3.63) is 12.3 Å². The maximum atomic E-state index is 11.3. The number of nitrogen functional groups attached to an aromatic ring is 1. The molecule has 4 N–H and O–H groups in total. The molecule has 0 saturated carbocycles. The van der Waals surface area contributed by atoms with E-state index in [9.17, 15) is 4.79 Å². The van der Waals surface area contributed by atoms with Crippen LogP contribution in [0.4, 0.5) is 11.8 Å². The molecule has 0 saturated heterocycles. The first kappa shape index (κ1) is 12.2. The molecule has 0 aliphatic rings. The molecule has 0 aromatic carbocycles. The topological polar surface area (TPSA) is 102 Å². The second kappa shape index (κ2) is 6.57. The molecule has 0 bridgehead atoms. The number of rotatable bonds is 6. The van der Waals surface area contributed by atoms with Crippen molar-refractivity contribution in [2.75, 3.05) is 37.9 Å². The highest BCUT2D eigenvalue weighted by molar-refractivity contribution is 5.80. The zero-order chi connectivity index (χ0) is 11.8. The lowest BCUT2D eigenvalue weighted by Crippen LogP contribution is -2.32. The minimum atomic E-state index is -0.150. The quantitative estimate of drug-likeness (QED) is 0.550. The molecule has 7 heteroatoms. The average molecular weight is 225 g/mol. The van der Waals surface area contributed by atoms with Gasteiger partial charge in [-0.05, 0) is 6.07 Å². The van der Waals surface area contributed by atoms with E-state index in [0.717, 1.165) is 0 Å². The molecule has 7 nitrogen and oxygen atoms in total. The third-order valence-electron chi connectivity index (χ3n) is 1.71. The second-order valence-corrected chi connectivity index (χ2v) is 3.00. The first-order valence-electron chi connectivity index (χ1n) is 4.80. The number of anilines is 2. The van der Waals surface area contributed by atoms with Crippen molar-refractivity contribution in [2.24, 2.45) is 0 Å². The average Bonchev–Trinajstić information content (AvgIpc) is 2.27. The Bertz CT molecular complexity index is 344. The van der Waals surface area contributed by atoms with Crippen LogP contribution in [0.5, 0.6) is 0 Å². The number of carbonyl (C=O) groups is 1. The van der Waals surface area contributed by atoms with Gasteiger partial charge < -0.3 is 21.1 Å². The summed E-state index contributed by atoms with van der Waals surface area (Å²) in [6.07, 6.45) is 1.52. The SMILES string of the molecule is COCCNC(=O)CNc1nccc(N)n1. The van der Waals surface area contributed by atoms with Crippen LogP contribution in [0, 0.1) is 0 Å². The van der Waals surface area contributed by atoms with E-state index in [1.807, 2.05) is 0 Å². The Kier molecular flexibility index (Phi) is 5.00. The Morgan fingerprint density at radius 3 is 3.12 bits per heavy atom. The second-order valence-electron chi connectivity index (χ2n) is 3.00. The lowest BCUT2D eigenvalue weighted by atomic mass is 10.5. The predicted molar refractivity (Wildman–Crippen MR) is 59.8 cm³/mol. The molecule has 1 rings (SSSR count). The number of ether oxygens (including phenoxy) is 1. The van der Waals surface area contributed by atoms with Crippen LogP contribution in [-0.4, -0.2) is 42.7 Å². The number of nitrogens with one attached hydrogen (secondary N) is 2. The van der Waals surface area contributed by atoms with Crippen molar-refractivity contribution < 1.29 is 9.53 Å². The maximum absolute atomic E-state index is 11.3. The molecule has 1 amide bonds. The van der Waals surface area contributed by atoms with Crippen molar-refractivity contribution in [1.82, 2.24) is 15.3 Å². The van der Waals surface area contributed by atoms with E-state index < -0.39 is 0 Å². The summed E-state index contributed by atoms with van der Waals surface area (Å²) in [7, 11) is 1.57. The fraction of sp³-hybridized carbons (Fsp3) is 0.444. The van der Waals surface area contributed by atoms with Crippen molar-refractivity contribution in [3.63, 3.8) is 0 Å². The highest BCUT2D eigenvalue weighted by atomic mass is 16.5. The van der Waals surface area contributed by atoms with Crippen LogP contribution in [0.1, 0.15) is 0 Å². The molecule has 1 heterocycles. The van der Waals surface area contributed by atoms with Crippen LogP contribution in [0.25, 0.3) is 0 Å². The van der Waals surface area contributed by atoms with E-state index in [4.69, 9.17) is 10.5 Å². The van der Waals surface area contributed by atoms with Gasteiger partial charge in [-0.3, -0.25) is 4.79 Å². The first-order chi connectivity index (χ1) is 7.72. The summed E-state index contributed by atoms with van der Waals surface area (Å²) >= 11 is 0. The summed E-state index contributed by atoms with van der Waals surface area (Å²) in [4.78, 5) is 19.1. The fourth-order valence-electron chi connectivity index (χ4n) is 0.972. The zero-order valence-corrected chi connectivity index (χ0v) is 9.06. The minimum absolute atomic E-state index is 0.104. The molecular formula is C9H15N5O2. The first-order valence-corrected chi connectivity index (χ1v) is 4.80. The molecule has 0 atom stereocenters. The lowest BCUT2D eigenvalue weighted by Gasteiger charge is -2.06. The van der Waals surface area contributed by atoms with Gasteiger partial charge in [-0.2, -0.15) is 4.98 Å². The number of nitrogens with two attached hydrogens (primary N) is 1. The molecular weight excluding hydrogens is 210 g/mol. The van der Waals surface area contributed by atoms with Gasteiger partial charge in [0.1, 0.15) is 5.82 Å². The summed E-state index contributed by atoms with van der Waals surface area (Å²) in [5, 5.41) is 5.41. The smallest absolute Gasteiger partial charge is 0.239 e. The van der Waals surface area contributed by atoms with Gasteiger partial charge in [0, 0.05) is 19.9 Å². The van der Waals surface area contributed by atoms with Crippen LogP contribution in [0.15, 0.2) is 12.3 Å². The molecule has 0 fully saturated rings. The highest BCUT2D eigenvalue weighted by Gasteiger charge is 2.01. The van der Waals surface area contributed by atoms with Crippen molar-refractivity contribution in [1.29, 1.82) is 0 Å². The van der Waals surface area contributed by atoms with E-state index in [1.165, 1.54) is 6.20 Å². The highest BCUT2D eigenvalue weighted by Crippen LogP contribution is 1.99. The van der Waals surface area contributed by atoms with Gasteiger partial charge in [-0.1, -0.05) is 0 Å². The lowest BCUT2D eigenvalue weighted by molar-refractivity contribution is -0.119. The van der Waals surface area contributed by atoms with Crippen LogP contribution in [-0.2, 0) is 9.53 Å². The van der Waals surface area contributed by atoms with E-state index in [-0.39, 0.29) is 12.5 Å². The number of aromatic nitrogens is 2. The largest absolute Gasteiger partial charge is 0.384 e. The Morgan fingerprint density at radius 1 is 1.62 bits per heavy atom. The standard InChI is InChI=1S/C9H15N5O2/c1-16-5-4-11-8(15)6-13-9-12-3-2-7(10)14-9/h2-3H,4-6H2,1H3,(H,11,15)(H3,10,12,13,14). The van der Waals surface area contributed by atoms with Gasteiger partial charge in [-0.15, -0.1) is 0 Å². The normalized spacial score (nSPS) is 9.81. The molecule has 1 aromatic rings. The van der Waals surface area contributed by atoms with Gasteiger partial charge in [-0.25, -0.2) is 4.98 Å². The van der Waals surface area contributed by atoms with Crippen molar-refractivity contribution >= 4 is 17.7 Å². The number of nitrogens with zero attached hydrogens (tertiary/aromatic N) is 2. The van der Waals surface area contributed by atoms with Gasteiger partial charge >= 0.3 is 0 Å². The molecule has 0 radical (unpaired) electrons. The van der Waals surface area contributed by atoms with E-state index in [2.05, 4.69) is 20.6 Å². The molecule has 16 heavy (non-hydrogen) atoms. The Hall–Kier alpha value is -1.89. The van der Waals surface area contributed by atoms with Gasteiger partial charge in [0.15, 0.2) is 0 Å². The summed E-state index contributed by atoms with van der Waals surface area (Å²) < 4.78 is 4.79. The number of carbonyl (C=O) groups excluding carboxylic acids is 1. The van der Waals surface area contributed by atoms with Gasteiger partial charge in [0.05, 0.1) is 13.2 Å². The predicted octanol–water partition coefficient (Wildman–Crippen LogP) is -0.767. The third kappa shape index (κ3) is 4.56. The number of amides is 1. The van der Waals surface area contributed by atoms with E-state index >= 15 is 0 Å². The van der Waals surface area contributed by atoms with Gasteiger partial charge in [0.25, 0.3) is 0 Å². The Balaban J connectivity index is 2.26. The molecule has 0 spiro atoms. The Morgan fingerprint density at radius 2 is 2.44 bits per heavy atom. The van der Waals surface area contributed by atoms with Crippen molar-refractivity contribution in [3.8, 4) is 0 Å². The molecule has 0 aliphatic carbocycles. The van der Waals surface area contributed by atoms with Crippen molar-refractivity contribution in [2.45, 2.75) is 0 Å². The monoisotopic (exact) mass is 225 g/mol. The summed E-state index contributed by atoms with van der Waals surface area (Å²) in [6, 6.07) is 1.57. The maximum Gasteiger partial charge on any atom is 0.239 e. The molecule has 0 aliphatic heterocycles.